The van der Waals surface area contributed by atoms with Gasteiger partial charge in [-0.25, -0.2) is 0 Å². The largest absolute Gasteiger partial charge is 0.465 e. The lowest BCUT2D eigenvalue weighted by Gasteiger charge is -2.10. The lowest BCUT2D eigenvalue weighted by Crippen LogP contribution is -2.42. The van der Waals surface area contributed by atoms with Gasteiger partial charge in [-0.1, -0.05) is 19.8 Å². The predicted molar refractivity (Wildman–Crippen MR) is 57.1 cm³/mol. The first-order valence-corrected chi connectivity index (χ1v) is 5.30. The van der Waals surface area contributed by atoms with Crippen LogP contribution in [-0.2, 0) is 14.3 Å². The summed E-state index contributed by atoms with van der Waals surface area (Å²) in [7, 11) is 0. The van der Waals surface area contributed by atoms with Gasteiger partial charge in [0.25, 0.3) is 0 Å². The first-order valence-electron chi connectivity index (χ1n) is 5.30. The lowest BCUT2D eigenvalue weighted by atomic mass is 10.1. The Balaban J connectivity index is 3.68. The highest BCUT2D eigenvalue weighted by Crippen LogP contribution is 1.97. The molecule has 0 aromatic rings. The summed E-state index contributed by atoms with van der Waals surface area (Å²) in [6.45, 7) is 3.96. The number of carbonyl (C=O) groups excluding carboxylic acids is 2. The number of nitrogens with one attached hydrogen (secondary N) is 1. The van der Waals surface area contributed by atoms with E-state index in [1.807, 2.05) is 6.92 Å². The van der Waals surface area contributed by atoms with E-state index in [2.05, 4.69) is 10.1 Å². The van der Waals surface area contributed by atoms with E-state index in [0.717, 1.165) is 12.8 Å². The Kier molecular flexibility index (Phi) is 7.62. The molecule has 5 nitrogen and oxygen atoms in total. The van der Waals surface area contributed by atoms with E-state index in [-0.39, 0.29) is 12.5 Å². The first kappa shape index (κ1) is 13.9. The van der Waals surface area contributed by atoms with Gasteiger partial charge in [0, 0.05) is 0 Å². The number of hydrogen-bond acceptors (Lipinski definition) is 4. The molecule has 0 radical (unpaired) electrons. The normalized spacial score (nSPS) is 11.9. The third-order valence-corrected chi connectivity index (χ3v) is 1.92. The monoisotopic (exact) mass is 216 g/mol. The Morgan fingerprint density at radius 2 is 2.07 bits per heavy atom. The molecule has 15 heavy (non-hydrogen) atoms. The third-order valence-electron chi connectivity index (χ3n) is 1.92. The van der Waals surface area contributed by atoms with Crippen LogP contribution in [0.5, 0.6) is 0 Å². The van der Waals surface area contributed by atoms with Gasteiger partial charge in [-0.2, -0.15) is 0 Å². The van der Waals surface area contributed by atoms with Crippen molar-refractivity contribution in [1.29, 1.82) is 0 Å². The van der Waals surface area contributed by atoms with Crippen LogP contribution in [0.15, 0.2) is 0 Å². The minimum atomic E-state index is -0.528. The fraction of sp³-hybridized carbons (Fsp3) is 0.800. The van der Waals surface area contributed by atoms with E-state index in [1.165, 1.54) is 0 Å². The summed E-state index contributed by atoms with van der Waals surface area (Å²) in [6.07, 6.45) is 2.55. The van der Waals surface area contributed by atoms with Gasteiger partial charge in [0.1, 0.15) is 6.54 Å². The standard InChI is InChI=1S/C10H20N2O3/c1-3-5-6-8(11)10(14)12-7-9(13)15-4-2/h8H,3-7,11H2,1-2H3,(H,12,14). The molecule has 0 aliphatic carbocycles. The zero-order chi connectivity index (χ0) is 11.7. The SMILES string of the molecule is CCCCC(N)C(=O)NCC(=O)OCC. The highest BCUT2D eigenvalue weighted by atomic mass is 16.5. The van der Waals surface area contributed by atoms with Crippen molar-refractivity contribution in [1.82, 2.24) is 5.32 Å². The second-order valence-electron chi connectivity index (χ2n) is 3.27. The number of unbranched alkanes of at least 4 members (excludes halogenated alkanes) is 1. The number of rotatable bonds is 7. The molecule has 88 valence electrons. The zero-order valence-electron chi connectivity index (χ0n) is 9.41. The molecule has 0 rings (SSSR count). The van der Waals surface area contributed by atoms with Crippen LogP contribution in [-0.4, -0.2) is 31.1 Å². The summed E-state index contributed by atoms with van der Waals surface area (Å²) in [5.74, 6) is -0.731. The highest BCUT2D eigenvalue weighted by molar-refractivity contribution is 5.85. The minimum absolute atomic E-state index is 0.105. The molecule has 0 fully saturated rings. The Labute approximate surface area is 90.4 Å². The maximum Gasteiger partial charge on any atom is 0.325 e. The van der Waals surface area contributed by atoms with Crippen LogP contribution in [0, 0.1) is 0 Å². The molecule has 0 aromatic heterocycles. The van der Waals surface area contributed by atoms with Gasteiger partial charge >= 0.3 is 5.97 Å². The summed E-state index contributed by atoms with van der Waals surface area (Å²) in [5.41, 5.74) is 5.60. The quantitative estimate of drug-likeness (QED) is 0.595. The van der Waals surface area contributed by atoms with Crippen LogP contribution >= 0.6 is 0 Å². The van der Waals surface area contributed by atoms with Gasteiger partial charge in [0.05, 0.1) is 12.6 Å². The Morgan fingerprint density at radius 3 is 2.60 bits per heavy atom. The van der Waals surface area contributed by atoms with Crippen molar-refractivity contribution < 1.29 is 14.3 Å². The van der Waals surface area contributed by atoms with Gasteiger partial charge in [0.2, 0.25) is 5.91 Å². The molecule has 0 aliphatic heterocycles. The van der Waals surface area contributed by atoms with E-state index >= 15 is 0 Å². The molecule has 1 atom stereocenters. The molecule has 5 heteroatoms. The lowest BCUT2D eigenvalue weighted by molar-refractivity contribution is -0.143. The fourth-order valence-electron chi connectivity index (χ4n) is 1.06. The number of ether oxygens (including phenoxy) is 1. The molecular weight excluding hydrogens is 196 g/mol. The average molecular weight is 216 g/mol. The molecule has 0 heterocycles. The molecule has 0 spiro atoms. The van der Waals surface area contributed by atoms with Crippen LogP contribution in [0.2, 0.25) is 0 Å². The minimum Gasteiger partial charge on any atom is -0.465 e. The smallest absolute Gasteiger partial charge is 0.325 e. The van der Waals surface area contributed by atoms with Crippen molar-refractivity contribution in [2.45, 2.75) is 39.2 Å². The third kappa shape index (κ3) is 6.90. The number of hydrogen-bond donors (Lipinski definition) is 2. The summed E-state index contributed by atoms with van der Waals surface area (Å²) in [5, 5.41) is 2.44. The first-order chi connectivity index (χ1) is 7.11. The second kappa shape index (κ2) is 8.23. The second-order valence-corrected chi connectivity index (χ2v) is 3.27. The van der Waals surface area contributed by atoms with Gasteiger partial charge in [-0.15, -0.1) is 0 Å². The molecule has 1 unspecified atom stereocenters. The Hall–Kier alpha value is -1.10. The van der Waals surface area contributed by atoms with Gasteiger partial charge in [0.15, 0.2) is 0 Å². The molecule has 0 aliphatic rings. The molecule has 0 saturated heterocycles. The zero-order valence-corrected chi connectivity index (χ0v) is 9.41. The molecule has 3 N–H and O–H groups in total. The number of nitrogens with two attached hydrogens (primary N) is 1. The maximum atomic E-state index is 11.3. The van der Waals surface area contributed by atoms with Crippen molar-refractivity contribution in [3.63, 3.8) is 0 Å². The van der Waals surface area contributed by atoms with Crippen molar-refractivity contribution in [3.05, 3.63) is 0 Å². The van der Waals surface area contributed by atoms with Gasteiger partial charge in [-0.05, 0) is 13.3 Å². The maximum absolute atomic E-state index is 11.3. The Bertz CT molecular complexity index is 207. The van der Waals surface area contributed by atoms with Crippen LogP contribution in [0.4, 0.5) is 0 Å². The number of carbonyl (C=O) groups is 2. The van der Waals surface area contributed by atoms with Crippen molar-refractivity contribution in [3.8, 4) is 0 Å². The fourth-order valence-corrected chi connectivity index (χ4v) is 1.06. The van der Waals surface area contributed by atoms with Crippen molar-refractivity contribution in [2.75, 3.05) is 13.2 Å². The number of esters is 1. The summed E-state index contributed by atoms with van der Waals surface area (Å²) in [6, 6.07) is -0.528. The Morgan fingerprint density at radius 1 is 1.40 bits per heavy atom. The summed E-state index contributed by atoms with van der Waals surface area (Å²) in [4.78, 5) is 22.2. The molecule has 0 saturated carbocycles. The molecule has 0 aromatic carbocycles. The average Bonchev–Trinajstić information content (AvgIpc) is 2.22. The molecule has 1 amide bonds. The van der Waals surface area contributed by atoms with Crippen LogP contribution in [0.1, 0.15) is 33.1 Å². The highest BCUT2D eigenvalue weighted by Gasteiger charge is 2.13. The van der Waals surface area contributed by atoms with E-state index in [4.69, 9.17) is 5.73 Å². The van der Waals surface area contributed by atoms with Crippen LogP contribution in [0.3, 0.4) is 0 Å². The van der Waals surface area contributed by atoms with E-state index in [1.54, 1.807) is 6.92 Å². The van der Waals surface area contributed by atoms with Crippen molar-refractivity contribution >= 4 is 11.9 Å². The van der Waals surface area contributed by atoms with Gasteiger partial charge in [-0.3, -0.25) is 9.59 Å². The van der Waals surface area contributed by atoms with Crippen LogP contribution < -0.4 is 11.1 Å². The molecule has 0 bridgehead atoms. The van der Waals surface area contributed by atoms with Gasteiger partial charge < -0.3 is 15.8 Å². The van der Waals surface area contributed by atoms with E-state index in [0.29, 0.717) is 13.0 Å². The summed E-state index contributed by atoms with van der Waals surface area (Å²) >= 11 is 0. The predicted octanol–water partition coefficient (Wildman–Crippen LogP) is 0.183. The summed E-state index contributed by atoms with van der Waals surface area (Å²) < 4.78 is 4.66. The van der Waals surface area contributed by atoms with Crippen molar-refractivity contribution in [2.24, 2.45) is 5.73 Å². The van der Waals surface area contributed by atoms with E-state index in [9.17, 15) is 9.59 Å². The molecular formula is C10H20N2O3. The van der Waals surface area contributed by atoms with Crippen LogP contribution in [0.25, 0.3) is 0 Å². The topological polar surface area (TPSA) is 81.4 Å². The number of amides is 1. The van der Waals surface area contributed by atoms with E-state index < -0.39 is 12.0 Å².